The molecular weight excluding hydrogens is 572 g/mol. The van der Waals surface area contributed by atoms with Crippen molar-refractivity contribution in [2.24, 2.45) is 52.3 Å². The number of fused-ring (bicyclic) bond motifs is 5. The van der Waals surface area contributed by atoms with Crippen LogP contribution in [-0.2, 0) is 9.53 Å². The molecular formula is C45H80O2. The van der Waals surface area contributed by atoms with Crippen molar-refractivity contribution in [1.29, 1.82) is 0 Å². The van der Waals surface area contributed by atoms with Gasteiger partial charge in [0.2, 0.25) is 0 Å². The maximum atomic E-state index is 12.8. The van der Waals surface area contributed by atoms with Crippen molar-refractivity contribution in [1.82, 2.24) is 0 Å². The lowest BCUT2D eigenvalue weighted by Gasteiger charge is -2.58. The summed E-state index contributed by atoms with van der Waals surface area (Å²) in [6.45, 7) is 17.5. The highest BCUT2D eigenvalue weighted by molar-refractivity contribution is 5.69. The minimum Gasteiger partial charge on any atom is -0.462 e. The summed E-state index contributed by atoms with van der Waals surface area (Å²) in [5.74, 6) is 6.18. The lowest BCUT2D eigenvalue weighted by molar-refractivity contribution is -0.151. The van der Waals surface area contributed by atoms with Crippen LogP contribution in [0.1, 0.15) is 209 Å². The van der Waals surface area contributed by atoms with Gasteiger partial charge in [0.25, 0.3) is 0 Å². The molecule has 0 unspecified atom stereocenters. The Kier molecular flexibility index (Phi) is 15.8. The van der Waals surface area contributed by atoms with Gasteiger partial charge in [-0.1, -0.05) is 150 Å². The largest absolute Gasteiger partial charge is 0.462 e. The molecule has 0 radical (unpaired) electrons. The van der Waals surface area contributed by atoms with E-state index in [-0.39, 0.29) is 12.1 Å². The van der Waals surface area contributed by atoms with E-state index in [1.165, 1.54) is 135 Å². The standard InChI is InChI=1S/C45H80O2/c1-8-10-11-12-13-14-15-16-17-18-19-20-21-22-43(46)47-38-29-31-44(6)37(33-38)25-26-39-41-28-27-40(45(41,7)32-30-42(39)44)35(5)23-24-36(9-2)34(3)4/h25,34-36,38-42H,8-24,26-33H2,1-7H3/t35-,36+,38+,39+,40-,41+,42+,44+,45-/m1/s1. The molecule has 0 aromatic rings. The monoisotopic (exact) mass is 653 g/mol. The van der Waals surface area contributed by atoms with Gasteiger partial charge in [-0.15, -0.1) is 0 Å². The van der Waals surface area contributed by atoms with Crippen LogP contribution in [0.3, 0.4) is 0 Å². The molecule has 0 heterocycles. The average molecular weight is 653 g/mol. The second kappa shape index (κ2) is 19.0. The minimum absolute atomic E-state index is 0.0640. The summed E-state index contributed by atoms with van der Waals surface area (Å²) in [6, 6.07) is 0. The Labute approximate surface area is 293 Å². The first kappa shape index (κ1) is 39.0. The van der Waals surface area contributed by atoms with Crippen molar-refractivity contribution in [3.8, 4) is 0 Å². The molecule has 2 heteroatoms. The highest BCUT2D eigenvalue weighted by atomic mass is 16.5. The highest BCUT2D eigenvalue weighted by Crippen LogP contribution is 2.67. The fraction of sp³-hybridized carbons (Fsp3) is 0.933. The molecule has 9 atom stereocenters. The number of unbranched alkanes of at least 4 members (excludes halogenated alkanes) is 12. The zero-order valence-electron chi connectivity index (χ0n) is 32.7. The molecule has 0 spiro atoms. The lowest BCUT2D eigenvalue weighted by atomic mass is 9.47. The molecule has 0 aromatic heterocycles. The number of hydrogen-bond donors (Lipinski definition) is 0. The molecule has 47 heavy (non-hydrogen) atoms. The van der Waals surface area contributed by atoms with Gasteiger partial charge in [0.15, 0.2) is 0 Å². The van der Waals surface area contributed by atoms with Gasteiger partial charge in [0.05, 0.1) is 0 Å². The van der Waals surface area contributed by atoms with E-state index < -0.39 is 0 Å². The summed E-state index contributed by atoms with van der Waals surface area (Å²) in [7, 11) is 0. The summed E-state index contributed by atoms with van der Waals surface area (Å²) in [4.78, 5) is 12.8. The normalized spacial score (nSPS) is 33.1. The third-order valence-electron chi connectivity index (χ3n) is 15.1. The minimum atomic E-state index is 0.0640. The zero-order valence-corrected chi connectivity index (χ0v) is 32.7. The molecule has 0 aromatic carbocycles. The van der Waals surface area contributed by atoms with Crippen LogP contribution in [0.25, 0.3) is 0 Å². The summed E-state index contributed by atoms with van der Waals surface area (Å²) >= 11 is 0. The molecule has 272 valence electrons. The van der Waals surface area contributed by atoms with Crippen LogP contribution in [0.15, 0.2) is 11.6 Å². The van der Waals surface area contributed by atoms with Crippen molar-refractivity contribution in [2.75, 3.05) is 0 Å². The van der Waals surface area contributed by atoms with Gasteiger partial charge in [-0.05, 0) is 110 Å². The van der Waals surface area contributed by atoms with Crippen molar-refractivity contribution < 1.29 is 9.53 Å². The zero-order chi connectivity index (χ0) is 33.9. The van der Waals surface area contributed by atoms with Gasteiger partial charge in [0, 0.05) is 12.8 Å². The number of allylic oxidation sites excluding steroid dienone is 1. The first-order valence-corrected chi connectivity index (χ1v) is 21.5. The van der Waals surface area contributed by atoms with E-state index in [9.17, 15) is 4.79 Å². The maximum absolute atomic E-state index is 12.8. The molecule has 0 bridgehead atoms. The van der Waals surface area contributed by atoms with E-state index in [0.717, 1.165) is 60.7 Å². The fourth-order valence-electron chi connectivity index (χ4n) is 11.9. The average Bonchev–Trinajstić information content (AvgIpc) is 3.41. The van der Waals surface area contributed by atoms with Gasteiger partial charge in [0.1, 0.15) is 6.10 Å². The number of hydrogen-bond acceptors (Lipinski definition) is 2. The smallest absolute Gasteiger partial charge is 0.306 e. The Morgan fingerprint density at radius 3 is 2.04 bits per heavy atom. The fourth-order valence-corrected chi connectivity index (χ4v) is 11.9. The van der Waals surface area contributed by atoms with E-state index in [1.54, 1.807) is 5.57 Å². The Morgan fingerprint density at radius 2 is 1.43 bits per heavy atom. The third kappa shape index (κ3) is 10.1. The SMILES string of the molecule is CCCCCCCCCCCCCCCC(=O)O[C@H]1CC[C@@]2(C)C(=CC[C@H]3[C@@H]4CC[C@H]([C@H](C)CC[C@H](CC)C(C)C)[C@@]4(C)CC[C@@H]32)C1. The van der Waals surface area contributed by atoms with Crippen LogP contribution in [-0.4, -0.2) is 12.1 Å². The molecule has 2 nitrogen and oxygen atoms in total. The molecule has 4 aliphatic carbocycles. The summed E-state index contributed by atoms with van der Waals surface area (Å²) in [5, 5.41) is 0. The third-order valence-corrected chi connectivity index (χ3v) is 15.1. The van der Waals surface area contributed by atoms with Crippen molar-refractivity contribution in [3.63, 3.8) is 0 Å². The van der Waals surface area contributed by atoms with Gasteiger partial charge in [-0.3, -0.25) is 4.79 Å². The Morgan fingerprint density at radius 1 is 0.787 bits per heavy atom. The predicted octanol–water partition coefficient (Wildman–Crippen LogP) is 14.1. The van der Waals surface area contributed by atoms with Crippen molar-refractivity contribution in [3.05, 3.63) is 11.6 Å². The van der Waals surface area contributed by atoms with Gasteiger partial charge >= 0.3 is 5.97 Å². The number of ether oxygens (including phenoxy) is 1. The molecule has 0 N–H and O–H groups in total. The van der Waals surface area contributed by atoms with Gasteiger partial charge < -0.3 is 4.74 Å². The lowest BCUT2D eigenvalue weighted by Crippen LogP contribution is -2.51. The van der Waals surface area contributed by atoms with Crippen LogP contribution in [0, 0.1) is 52.3 Å². The van der Waals surface area contributed by atoms with Crippen LogP contribution < -0.4 is 0 Å². The highest BCUT2D eigenvalue weighted by Gasteiger charge is 2.59. The van der Waals surface area contributed by atoms with E-state index in [0.29, 0.717) is 17.3 Å². The molecule has 0 amide bonds. The molecule has 0 aliphatic heterocycles. The Balaban J connectivity index is 1.16. The van der Waals surface area contributed by atoms with Gasteiger partial charge in [-0.2, -0.15) is 0 Å². The van der Waals surface area contributed by atoms with Crippen LogP contribution >= 0.6 is 0 Å². The molecule has 3 fully saturated rings. The molecule has 0 saturated heterocycles. The number of esters is 1. The Bertz CT molecular complexity index is 950. The summed E-state index contributed by atoms with van der Waals surface area (Å²) < 4.78 is 6.14. The quantitative estimate of drug-likeness (QED) is 0.0700. The first-order chi connectivity index (χ1) is 22.6. The number of carbonyl (C=O) groups is 1. The van der Waals surface area contributed by atoms with Crippen LogP contribution in [0.5, 0.6) is 0 Å². The predicted molar refractivity (Wildman–Crippen MR) is 202 cm³/mol. The van der Waals surface area contributed by atoms with Crippen molar-refractivity contribution >= 4 is 5.97 Å². The van der Waals surface area contributed by atoms with Crippen molar-refractivity contribution in [2.45, 2.75) is 215 Å². The van der Waals surface area contributed by atoms with Crippen LogP contribution in [0.2, 0.25) is 0 Å². The van der Waals surface area contributed by atoms with E-state index >= 15 is 0 Å². The van der Waals surface area contributed by atoms with Gasteiger partial charge in [-0.25, -0.2) is 0 Å². The second-order valence-corrected chi connectivity index (χ2v) is 18.3. The Hall–Kier alpha value is -0.790. The molecule has 3 saturated carbocycles. The summed E-state index contributed by atoms with van der Waals surface area (Å²) in [5.41, 5.74) is 2.52. The second-order valence-electron chi connectivity index (χ2n) is 18.3. The molecule has 4 aliphatic rings. The number of rotatable bonds is 21. The molecule has 4 rings (SSSR count). The first-order valence-electron chi connectivity index (χ1n) is 21.5. The van der Waals surface area contributed by atoms with Crippen LogP contribution in [0.4, 0.5) is 0 Å². The van der Waals surface area contributed by atoms with E-state index in [4.69, 9.17) is 4.74 Å². The van der Waals surface area contributed by atoms with E-state index in [1.807, 2.05) is 0 Å². The maximum Gasteiger partial charge on any atom is 0.306 e. The summed E-state index contributed by atoms with van der Waals surface area (Å²) in [6.07, 6.45) is 35.4. The number of carbonyl (C=O) groups excluding carboxylic acids is 1. The van der Waals surface area contributed by atoms with E-state index in [2.05, 4.69) is 54.5 Å². The topological polar surface area (TPSA) is 26.3 Å².